The number of hydrogen-bond donors (Lipinski definition) is 2. The van der Waals surface area contributed by atoms with E-state index in [0.29, 0.717) is 13.1 Å². The van der Waals surface area contributed by atoms with Gasteiger partial charge in [0.25, 0.3) is 5.91 Å². The van der Waals surface area contributed by atoms with Crippen LogP contribution in [0, 0.1) is 11.2 Å². The van der Waals surface area contributed by atoms with Gasteiger partial charge in [-0.2, -0.15) is 0 Å². The molecule has 2 heterocycles. The Bertz CT molecular complexity index is 1250. The van der Waals surface area contributed by atoms with Gasteiger partial charge in [-0.05, 0) is 44.1 Å². The first-order valence-electron chi connectivity index (χ1n) is 14.7. The summed E-state index contributed by atoms with van der Waals surface area (Å²) in [5.41, 5.74) is -0.779. The number of fused-ring (bicyclic) bond motifs is 2. The average Bonchev–Trinajstić information content (AvgIpc) is 2.94. The quantitative estimate of drug-likeness (QED) is 0.511. The summed E-state index contributed by atoms with van der Waals surface area (Å²) in [5, 5.41) is 12.8. The second-order valence-corrected chi connectivity index (χ2v) is 12.7. The molecule has 3 atom stereocenters. The molecule has 2 aliphatic rings. The molecule has 1 aromatic rings. The topological polar surface area (TPSA) is 143 Å². The largest absolute Gasteiger partial charge is 0.491 e. The van der Waals surface area contributed by atoms with E-state index in [1.165, 1.54) is 39.8 Å². The fourth-order valence-electron chi connectivity index (χ4n) is 5.80. The molecule has 0 saturated carbocycles. The van der Waals surface area contributed by atoms with E-state index in [-0.39, 0.29) is 50.4 Å². The second-order valence-electron chi connectivity index (χ2n) is 12.7. The SMILES string of the molecule is CN(C)CCNC(=O)[C@H]1CCC(=O)N(C)CC(=O)N2CCN(C(=O)O)C(C(C)(C)C)[C@@H]2COc2ccc(F)cc2C(=O)N1C. The minimum Gasteiger partial charge on any atom is -0.491 e. The number of rotatable bonds is 4. The highest BCUT2D eigenvalue weighted by molar-refractivity contribution is 5.99. The van der Waals surface area contributed by atoms with Crippen molar-refractivity contribution in [3.63, 3.8) is 0 Å². The third-order valence-corrected chi connectivity index (χ3v) is 8.10. The Hall–Kier alpha value is -3.94. The van der Waals surface area contributed by atoms with E-state index in [1.54, 1.807) is 0 Å². The predicted molar refractivity (Wildman–Crippen MR) is 160 cm³/mol. The molecule has 1 aromatic carbocycles. The number of carboxylic acid groups (broad SMARTS) is 1. The summed E-state index contributed by atoms with van der Waals surface area (Å²) in [6.45, 7) is 6.09. The van der Waals surface area contributed by atoms with Crippen LogP contribution in [-0.4, -0.2) is 145 Å². The summed E-state index contributed by atoms with van der Waals surface area (Å²) in [5.74, 6) is -2.65. The maximum atomic E-state index is 14.5. The third-order valence-electron chi connectivity index (χ3n) is 8.10. The molecule has 0 radical (unpaired) electrons. The maximum absolute atomic E-state index is 14.5. The molecule has 2 N–H and O–H groups in total. The van der Waals surface area contributed by atoms with E-state index in [1.807, 2.05) is 39.8 Å². The summed E-state index contributed by atoms with van der Waals surface area (Å²) in [6.07, 6.45) is -1.32. The number of amides is 5. The summed E-state index contributed by atoms with van der Waals surface area (Å²) in [6, 6.07) is 0.886. The van der Waals surface area contributed by atoms with Crippen LogP contribution < -0.4 is 10.1 Å². The van der Waals surface area contributed by atoms with Gasteiger partial charge in [0, 0.05) is 46.7 Å². The standard InChI is InChI=1S/C30H45FN6O7/c1-30(2,3)26-22-18-44-23-10-8-19(31)16-20(23)28(41)35(7)21(27(40)32-12-13-33(4)5)9-11-24(38)34(6)17-25(39)36(22)14-15-37(26)29(42)43/h8,10,16,21-22,26H,9,11-15,17-18H2,1-7H3,(H,32,40)(H,42,43)/t21-,22+,26?/m1/s1. The Morgan fingerprint density at radius 3 is 2.41 bits per heavy atom. The van der Waals surface area contributed by atoms with E-state index in [2.05, 4.69) is 5.32 Å². The first kappa shape index (κ1) is 34.5. The van der Waals surface area contributed by atoms with E-state index in [4.69, 9.17) is 4.74 Å². The molecule has 14 heteroatoms. The lowest BCUT2D eigenvalue weighted by Crippen LogP contribution is -2.68. The molecule has 1 saturated heterocycles. The van der Waals surface area contributed by atoms with Crippen LogP contribution in [0.2, 0.25) is 0 Å². The van der Waals surface area contributed by atoms with E-state index in [0.717, 1.165) is 12.1 Å². The van der Waals surface area contributed by atoms with Crippen LogP contribution in [0.15, 0.2) is 18.2 Å². The Morgan fingerprint density at radius 2 is 1.80 bits per heavy atom. The van der Waals surface area contributed by atoms with Gasteiger partial charge in [-0.1, -0.05) is 20.8 Å². The minimum atomic E-state index is -1.14. The van der Waals surface area contributed by atoms with Crippen molar-refractivity contribution in [1.29, 1.82) is 0 Å². The molecule has 44 heavy (non-hydrogen) atoms. The van der Waals surface area contributed by atoms with Gasteiger partial charge in [0.2, 0.25) is 17.7 Å². The predicted octanol–water partition coefficient (Wildman–Crippen LogP) is 1.18. The number of nitrogens with one attached hydrogen (secondary N) is 1. The van der Waals surface area contributed by atoms with E-state index >= 15 is 0 Å². The van der Waals surface area contributed by atoms with Gasteiger partial charge in [0.05, 0.1) is 24.2 Å². The van der Waals surface area contributed by atoms with Crippen LogP contribution in [0.5, 0.6) is 5.75 Å². The fraction of sp³-hybridized carbons (Fsp3) is 0.633. The summed E-state index contributed by atoms with van der Waals surface area (Å²) in [7, 11) is 6.59. The van der Waals surface area contributed by atoms with Crippen LogP contribution in [0.4, 0.5) is 9.18 Å². The van der Waals surface area contributed by atoms with Crippen molar-refractivity contribution in [3.8, 4) is 5.75 Å². The number of carbonyl (C=O) groups is 5. The number of carbonyl (C=O) groups excluding carboxylic acids is 4. The van der Waals surface area contributed by atoms with Crippen molar-refractivity contribution in [2.24, 2.45) is 5.41 Å². The molecule has 0 bridgehead atoms. The molecule has 0 aromatic heterocycles. The Kier molecular flexibility index (Phi) is 11.2. The maximum Gasteiger partial charge on any atom is 0.407 e. The van der Waals surface area contributed by atoms with Crippen LogP contribution in [0.25, 0.3) is 0 Å². The molecule has 2 aliphatic heterocycles. The smallest absolute Gasteiger partial charge is 0.407 e. The number of likely N-dealkylation sites (N-methyl/N-ethyl adjacent to an activating group) is 3. The van der Waals surface area contributed by atoms with Crippen molar-refractivity contribution in [2.75, 3.05) is 67.5 Å². The number of nitrogens with zero attached hydrogens (tertiary/aromatic N) is 5. The molecule has 3 rings (SSSR count). The van der Waals surface area contributed by atoms with Crippen molar-refractivity contribution >= 4 is 29.7 Å². The van der Waals surface area contributed by atoms with Crippen LogP contribution in [0.1, 0.15) is 44.0 Å². The number of halogens is 1. The van der Waals surface area contributed by atoms with Gasteiger partial charge in [0.15, 0.2) is 0 Å². The number of benzene rings is 1. The van der Waals surface area contributed by atoms with Gasteiger partial charge in [-0.25, -0.2) is 9.18 Å². The zero-order valence-corrected chi connectivity index (χ0v) is 26.6. The molecule has 5 amide bonds. The van der Waals surface area contributed by atoms with Crippen LogP contribution in [0.3, 0.4) is 0 Å². The number of hydrogen-bond acceptors (Lipinski definition) is 7. The molecule has 244 valence electrons. The van der Waals surface area contributed by atoms with Crippen molar-refractivity contribution in [1.82, 2.24) is 29.8 Å². The van der Waals surface area contributed by atoms with Crippen LogP contribution in [-0.2, 0) is 14.4 Å². The van der Waals surface area contributed by atoms with Crippen molar-refractivity contribution < 1.29 is 38.2 Å². The fourth-order valence-corrected chi connectivity index (χ4v) is 5.80. The second kappa shape index (κ2) is 14.2. The normalized spacial score (nSPS) is 22.6. The van der Waals surface area contributed by atoms with E-state index in [9.17, 15) is 33.5 Å². The lowest BCUT2D eigenvalue weighted by Gasteiger charge is -2.51. The lowest BCUT2D eigenvalue weighted by molar-refractivity contribution is -0.146. The monoisotopic (exact) mass is 620 g/mol. The minimum absolute atomic E-state index is 0.0191. The molecule has 1 fully saturated rings. The Labute approximate surface area is 257 Å². The van der Waals surface area contributed by atoms with E-state index < -0.39 is 59.1 Å². The average molecular weight is 621 g/mol. The number of piperazine rings is 1. The van der Waals surface area contributed by atoms with Crippen LogP contribution >= 0.6 is 0 Å². The third kappa shape index (κ3) is 8.16. The highest BCUT2D eigenvalue weighted by atomic mass is 19.1. The van der Waals surface area contributed by atoms with Gasteiger partial charge in [-0.15, -0.1) is 0 Å². The Morgan fingerprint density at radius 1 is 1.11 bits per heavy atom. The first-order chi connectivity index (χ1) is 20.5. The molecule has 13 nitrogen and oxygen atoms in total. The number of ether oxygens (including phenoxy) is 1. The molecule has 1 unspecified atom stereocenters. The molecule has 0 aliphatic carbocycles. The zero-order valence-electron chi connectivity index (χ0n) is 26.6. The zero-order chi connectivity index (χ0) is 32.9. The van der Waals surface area contributed by atoms with Gasteiger partial charge < -0.3 is 39.7 Å². The summed E-state index contributed by atoms with van der Waals surface area (Å²) >= 11 is 0. The molecular weight excluding hydrogens is 575 g/mol. The summed E-state index contributed by atoms with van der Waals surface area (Å²) in [4.78, 5) is 73.3. The summed E-state index contributed by atoms with van der Waals surface area (Å²) < 4.78 is 20.6. The van der Waals surface area contributed by atoms with Gasteiger partial charge in [-0.3, -0.25) is 19.2 Å². The highest BCUT2D eigenvalue weighted by Gasteiger charge is 2.47. The van der Waals surface area contributed by atoms with Gasteiger partial charge >= 0.3 is 6.09 Å². The lowest BCUT2D eigenvalue weighted by atomic mass is 9.79. The van der Waals surface area contributed by atoms with Gasteiger partial charge in [0.1, 0.15) is 24.2 Å². The van der Waals surface area contributed by atoms with Crippen molar-refractivity contribution in [2.45, 2.75) is 51.7 Å². The Balaban J connectivity index is 2.08. The highest BCUT2D eigenvalue weighted by Crippen LogP contribution is 2.34. The molecule has 0 spiro atoms. The van der Waals surface area contributed by atoms with Crippen molar-refractivity contribution in [3.05, 3.63) is 29.6 Å². The molecular formula is C30H45FN6O7. The first-order valence-corrected chi connectivity index (χ1v) is 14.7.